The topological polar surface area (TPSA) is 12.0 Å². The maximum Gasteiger partial charge on any atom is 0.0575 e. The van der Waals surface area contributed by atoms with Gasteiger partial charge in [0.2, 0.25) is 0 Å². The minimum atomic E-state index is 0.673. The van der Waals surface area contributed by atoms with E-state index in [2.05, 4.69) is 25.1 Å². The van der Waals surface area contributed by atoms with Crippen LogP contribution in [0.3, 0.4) is 0 Å². The van der Waals surface area contributed by atoms with Gasteiger partial charge in [0.1, 0.15) is 0 Å². The van der Waals surface area contributed by atoms with Crippen LogP contribution >= 0.6 is 0 Å². The Morgan fingerprint density at radius 3 is 2.67 bits per heavy atom. The molecule has 0 bridgehead atoms. The molecule has 0 spiro atoms. The van der Waals surface area contributed by atoms with E-state index in [9.17, 15) is 0 Å². The molecular weight excluding hydrogens is 146 g/mol. The molecule has 1 fully saturated rings. The smallest absolute Gasteiger partial charge is 0.0575 e. The minimum absolute atomic E-state index is 0.673. The van der Waals surface area contributed by atoms with E-state index in [0.717, 1.165) is 18.4 Å². The lowest BCUT2D eigenvalue weighted by Crippen LogP contribution is -2.36. The summed E-state index contributed by atoms with van der Waals surface area (Å²) in [4.78, 5) is 0. The molecule has 0 aliphatic heterocycles. The summed E-state index contributed by atoms with van der Waals surface area (Å²) in [5.74, 6) is 4.38. The molecule has 0 aromatic heterocycles. The highest BCUT2D eigenvalue weighted by Gasteiger charge is 2.23. The highest BCUT2D eigenvalue weighted by Crippen LogP contribution is 2.28. The highest BCUT2D eigenvalue weighted by atomic mass is 14.9. The van der Waals surface area contributed by atoms with Crippen molar-refractivity contribution >= 4 is 0 Å². The molecule has 0 saturated heterocycles. The lowest BCUT2D eigenvalue weighted by Gasteiger charge is -2.32. The van der Waals surface area contributed by atoms with Crippen LogP contribution in [0.2, 0.25) is 0 Å². The lowest BCUT2D eigenvalue weighted by molar-refractivity contribution is 0.230. The summed E-state index contributed by atoms with van der Waals surface area (Å²) in [6.07, 6.45) is 9.14. The molecule has 12 heavy (non-hydrogen) atoms. The van der Waals surface area contributed by atoms with E-state index >= 15 is 0 Å². The zero-order valence-electron chi connectivity index (χ0n) is 8.14. The standard InChI is InChI=1S/C11H19N/c1-4-7-12-11-6-5-9(2)10(3)8-11/h1,9-12H,5-8H2,2-3H3. The van der Waals surface area contributed by atoms with Gasteiger partial charge in [0.15, 0.2) is 0 Å². The van der Waals surface area contributed by atoms with E-state index < -0.39 is 0 Å². The van der Waals surface area contributed by atoms with Gasteiger partial charge in [-0.2, -0.15) is 0 Å². The zero-order chi connectivity index (χ0) is 8.97. The van der Waals surface area contributed by atoms with Crippen molar-refractivity contribution in [2.45, 2.75) is 39.2 Å². The van der Waals surface area contributed by atoms with Crippen LogP contribution < -0.4 is 5.32 Å². The normalized spacial score (nSPS) is 35.9. The third-order valence-corrected chi connectivity index (χ3v) is 3.09. The van der Waals surface area contributed by atoms with E-state index in [1.54, 1.807) is 0 Å². The third-order valence-electron chi connectivity index (χ3n) is 3.09. The van der Waals surface area contributed by atoms with Gasteiger partial charge in [-0.25, -0.2) is 0 Å². The Morgan fingerprint density at radius 2 is 2.08 bits per heavy atom. The van der Waals surface area contributed by atoms with Crippen molar-refractivity contribution in [3.63, 3.8) is 0 Å². The first kappa shape index (κ1) is 9.61. The molecule has 0 aromatic carbocycles. The quantitative estimate of drug-likeness (QED) is 0.617. The van der Waals surface area contributed by atoms with Crippen molar-refractivity contribution < 1.29 is 0 Å². The van der Waals surface area contributed by atoms with E-state index in [-0.39, 0.29) is 0 Å². The second-order valence-electron chi connectivity index (χ2n) is 4.05. The molecule has 0 aromatic rings. The molecule has 0 heterocycles. The fraction of sp³-hybridized carbons (Fsp3) is 0.818. The van der Waals surface area contributed by atoms with Crippen molar-refractivity contribution in [3.05, 3.63) is 0 Å². The first-order valence-corrected chi connectivity index (χ1v) is 4.91. The molecule has 1 nitrogen and oxygen atoms in total. The number of terminal acetylenes is 1. The summed E-state index contributed by atoms with van der Waals surface area (Å²) in [6, 6.07) is 0.673. The molecule has 0 amide bonds. The summed E-state index contributed by atoms with van der Waals surface area (Å²) < 4.78 is 0. The largest absolute Gasteiger partial charge is 0.303 e. The van der Waals surface area contributed by atoms with Gasteiger partial charge in [0.05, 0.1) is 6.54 Å². The van der Waals surface area contributed by atoms with Crippen molar-refractivity contribution in [2.75, 3.05) is 6.54 Å². The highest BCUT2D eigenvalue weighted by molar-refractivity contribution is 4.89. The SMILES string of the molecule is C#CCNC1CCC(C)C(C)C1. The van der Waals surface area contributed by atoms with Crippen LogP contribution in [0.1, 0.15) is 33.1 Å². The Kier molecular flexibility index (Phi) is 3.62. The van der Waals surface area contributed by atoms with Crippen LogP contribution in [-0.4, -0.2) is 12.6 Å². The second kappa shape index (κ2) is 4.52. The maximum atomic E-state index is 5.20. The molecule has 1 saturated carbocycles. The summed E-state index contributed by atoms with van der Waals surface area (Å²) >= 11 is 0. The number of hydrogen-bond donors (Lipinski definition) is 1. The van der Waals surface area contributed by atoms with Crippen molar-refractivity contribution in [3.8, 4) is 12.3 Å². The second-order valence-corrected chi connectivity index (χ2v) is 4.05. The molecule has 3 atom stereocenters. The fourth-order valence-electron chi connectivity index (χ4n) is 1.94. The van der Waals surface area contributed by atoms with E-state index in [1.165, 1.54) is 19.3 Å². The van der Waals surface area contributed by atoms with Crippen molar-refractivity contribution in [1.29, 1.82) is 0 Å². The Morgan fingerprint density at radius 1 is 1.33 bits per heavy atom. The Labute approximate surface area is 75.9 Å². The third kappa shape index (κ3) is 2.53. The van der Waals surface area contributed by atoms with Gasteiger partial charge < -0.3 is 5.32 Å². The van der Waals surface area contributed by atoms with Crippen molar-refractivity contribution in [2.24, 2.45) is 11.8 Å². The summed E-state index contributed by atoms with van der Waals surface area (Å²) in [6.45, 7) is 5.42. The Hall–Kier alpha value is -0.480. The van der Waals surface area contributed by atoms with Crippen LogP contribution in [0.15, 0.2) is 0 Å². The molecular formula is C11H19N. The van der Waals surface area contributed by atoms with Gasteiger partial charge >= 0.3 is 0 Å². The fourth-order valence-corrected chi connectivity index (χ4v) is 1.94. The maximum absolute atomic E-state index is 5.20. The average Bonchev–Trinajstić information content (AvgIpc) is 2.07. The number of nitrogens with one attached hydrogen (secondary N) is 1. The summed E-state index contributed by atoms with van der Waals surface area (Å²) in [7, 11) is 0. The van der Waals surface area contributed by atoms with Gasteiger partial charge in [-0.15, -0.1) is 6.42 Å². The lowest BCUT2D eigenvalue weighted by atomic mass is 9.79. The number of rotatable bonds is 2. The van der Waals surface area contributed by atoms with Crippen LogP contribution in [0.4, 0.5) is 0 Å². The Bertz CT molecular complexity index is 168. The molecule has 0 radical (unpaired) electrons. The van der Waals surface area contributed by atoms with E-state index in [4.69, 9.17) is 6.42 Å². The van der Waals surface area contributed by atoms with E-state index in [1.807, 2.05) is 0 Å². The molecule has 1 rings (SSSR count). The van der Waals surface area contributed by atoms with E-state index in [0.29, 0.717) is 6.04 Å². The minimum Gasteiger partial charge on any atom is -0.303 e. The van der Waals surface area contributed by atoms with Gasteiger partial charge in [-0.05, 0) is 31.1 Å². The summed E-state index contributed by atoms with van der Waals surface area (Å²) in [5, 5.41) is 3.39. The summed E-state index contributed by atoms with van der Waals surface area (Å²) in [5.41, 5.74) is 0. The van der Waals surface area contributed by atoms with Gasteiger partial charge in [0, 0.05) is 6.04 Å². The molecule has 68 valence electrons. The first-order chi connectivity index (χ1) is 5.74. The van der Waals surface area contributed by atoms with Crippen LogP contribution in [0.5, 0.6) is 0 Å². The monoisotopic (exact) mass is 165 g/mol. The predicted molar refractivity (Wildman–Crippen MR) is 52.8 cm³/mol. The molecule has 3 unspecified atom stereocenters. The molecule has 1 heteroatoms. The van der Waals surface area contributed by atoms with Gasteiger partial charge in [0.25, 0.3) is 0 Å². The average molecular weight is 165 g/mol. The van der Waals surface area contributed by atoms with Gasteiger partial charge in [-0.1, -0.05) is 19.8 Å². The van der Waals surface area contributed by atoms with Crippen LogP contribution in [-0.2, 0) is 0 Å². The van der Waals surface area contributed by atoms with Crippen LogP contribution in [0.25, 0.3) is 0 Å². The first-order valence-electron chi connectivity index (χ1n) is 4.91. The molecule has 1 aliphatic rings. The predicted octanol–water partition coefficient (Wildman–Crippen LogP) is 2.03. The Balaban J connectivity index is 2.26. The van der Waals surface area contributed by atoms with Gasteiger partial charge in [-0.3, -0.25) is 0 Å². The zero-order valence-corrected chi connectivity index (χ0v) is 8.14. The number of hydrogen-bond acceptors (Lipinski definition) is 1. The van der Waals surface area contributed by atoms with Crippen molar-refractivity contribution in [1.82, 2.24) is 5.32 Å². The molecule has 1 aliphatic carbocycles. The van der Waals surface area contributed by atoms with Crippen LogP contribution in [0, 0.1) is 24.2 Å². The molecule has 1 N–H and O–H groups in total.